The minimum atomic E-state index is -1.33. The fraction of sp³-hybridized carbons (Fsp3) is 0.286. The van der Waals surface area contributed by atoms with Crippen molar-refractivity contribution in [2.75, 3.05) is 18.5 Å². The molecule has 0 radical (unpaired) electrons. The molecule has 0 unspecified atom stereocenters. The normalized spacial score (nSPS) is 12.3. The molecule has 0 spiro atoms. The van der Waals surface area contributed by atoms with E-state index in [-0.39, 0.29) is 18.2 Å². The van der Waals surface area contributed by atoms with Gasteiger partial charge in [-0.25, -0.2) is 23.1 Å². The van der Waals surface area contributed by atoms with Gasteiger partial charge in [-0.2, -0.15) is 0 Å². The van der Waals surface area contributed by atoms with Crippen LogP contribution >= 0.6 is 0 Å². The number of hydrogen-bond donors (Lipinski definition) is 3. The average Bonchev–Trinajstić information content (AvgIpc) is 2.47. The second-order valence-electron chi connectivity index (χ2n) is 4.68. The Kier molecular flexibility index (Phi) is 4.94. The number of nitrogens with one attached hydrogen (secondary N) is 1. The minimum absolute atomic E-state index is 0.00634. The molecule has 3 N–H and O–H groups in total. The zero-order valence-corrected chi connectivity index (χ0v) is 11.6. The van der Waals surface area contributed by atoms with E-state index in [1.165, 1.54) is 6.07 Å². The molecule has 118 valence electrons. The van der Waals surface area contributed by atoms with Gasteiger partial charge in [0.2, 0.25) is 0 Å². The van der Waals surface area contributed by atoms with Gasteiger partial charge in [-0.15, -0.1) is 0 Å². The number of aromatic nitrogens is 2. The number of nitrogens with zero attached hydrogens (tertiary/aromatic N) is 2. The lowest BCUT2D eigenvalue weighted by molar-refractivity contribution is 0.105. The van der Waals surface area contributed by atoms with Gasteiger partial charge >= 0.3 is 0 Å². The van der Waals surface area contributed by atoms with E-state index in [1.807, 2.05) is 0 Å². The number of halogens is 3. The third kappa shape index (κ3) is 3.71. The van der Waals surface area contributed by atoms with Crippen molar-refractivity contribution < 1.29 is 23.4 Å². The molecule has 0 fully saturated rings. The number of hydrogen-bond acceptors (Lipinski definition) is 5. The highest BCUT2D eigenvalue weighted by Gasteiger charge is 2.16. The first kappa shape index (κ1) is 16.2. The first-order chi connectivity index (χ1) is 10.4. The van der Waals surface area contributed by atoms with E-state index < -0.39 is 35.7 Å². The van der Waals surface area contributed by atoms with E-state index in [4.69, 9.17) is 5.11 Å². The molecule has 1 heterocycles. The maximum absolute atomic E-state index is 13.8. The molecule has 8 heteroatoms. The highest BCUT2D eigenvalue weighted by Crippen LogP contribution is 2.24. The molecule has 1 atom stereocenters. The van der Waals surface area contributed by atoms with E-state index in [0.29, 0.717) is 11.8 Å². The summed E-state index contributed by atoms with van der Waals surface area (Å²) in [7, 11) is 0. The van der Waals surface area contributed by atoms with Gasteiger partial charge in [0.25, 0.3) is 0 Å². The summed E-state index contributed by atoms with van der Waals surface area (Å²) < 4.78 is 40.3. The number of aryl methyl sites for hydroxylation is 1. The summed E-state index contributed by atoms with van der Waals surface area (Å²) in [6.45, 7) is 1.17. The maximum atomic E-state index is 13.8. The van der Waals surface area contributed by atoms with Crippen LogP contribution in [0.1, 0.15) is 5.69 Å². The average molecular weight is 313 g/mol. The largest absolute Gasteiger partial charge is 0.394 e. The van der Waals surface area contributed by atoms with Crippen LogP contribution in [0.15, 0.2) is 18.2 Å². The van der Waals surface area contributed by atoms with Crippen molar-refractivity contribution in [2.24, 2.45) is 0 Å². The van der Waals surface area contributed by atoms with E-state index >= 15 is 0 Å². The smallest absolute Gasteiger partial charge is 0.170 e. The summed E-state index contributed by atoms with van der Waals surface area (Å²) in [6, 6.07) is 2.76. The van der Waals surface area contributed by atoms with E-state index in [2.05, 4.69) is 15.3 Å². The molecule has 1 aromatic heterocycles. The lowest BCUT2D eigenvalue weighted by Crippen LogP contribution is -2.23. The van der Waals surface area contributed by atoms with Gasteiger partial charge in [0.1, 0.15) is 11.6 Å². The standard InChI is InChI=1S/C14H14F3N3O2/c1-7-2-12(18-5-9(22)6-21)20-14(19-7)10-3-8(15)4-11(16)13(10)17/h2-4,9,21-22H,5-6H2,1H3,(H,18,19,20)/t9-/m0/s1. The predicted molar refractivity (Wildman–Crippen MR) is 73.7 cm³/mol. The third-order valence-electron chi connectivity index (χ3n) is 2.82. The SMILES string of the molecule is Cc1cc(NC[C@H](O)CO)nc(-c2cc(F)cc(F)c2F)n1. The van der Waals surface area contributed by atoms with Gasteiger partial charge in [0.15, 0.2) is 17.5 Å². The molecule has 0 aliphatic rings. The molecular formula is C14H14F3N3O2. The molecule has 0 saturated carbocycles. The number of anilines is 1. The number of rotatable bonds is 5. The molecule has 0 aliphatic carbocycles. The Bertz CT molecular complexity index is 683. The van der Waals surface area contributed by atoms with Crippen molar-refractivity contribution >= 4 is 5.82 Å². The van der Waals surface area contributed by atoms with Crippen molar-refractivity contribution in [3.8, 4) is 11.4 Å². The molecular weight excluding hydrogens is 299 g/mol. The van der Waals surface area contributed by atoms with Gasteiger partial charge in [0, 0.05) is 24.4 Å². The predicted octanol–water partition coefficient (Wildman–Crippen LogP) is 1.63. The van der Waals surface area contributed by atoms with Crippen molar-refractivity contribution in [3.05, 3.63) is 41.3 Å². The Morgan fingerprint density at radius 1 is 1.18 bits per heavy atom. The monoisotopic (exact) mass is 313 g/mol. The molecule has 0 amide bonds. The molecule has 0 saturated heterocycles. The zero-order chi connectivity index (χ0) is 16.3. The molecule has 1 aromatic carbocycles. The van der Waals surface area contributed by atoms with Crippen LogP contribution in [-0.4, -0.2) is 39.4 Å². The van der Waals surface area contributed by atoms with Crippen LogP contribution in [0.25, 0.3) is 11.4 Å². The molecule has 22 heavy (non-hydrogen) atoms. The summed E-state index contributed by atoms with van der Waals surface area (Å²) in [5.74, 6) is -3.46. The van der Waals surface area contributed by atoms with Crippen LogP contribution < -0.4 is 5.32 Å². The minimum Gasteiger partial charge on any atom is -0.394 e. The first-order valence-electron chi connectivity index (χ1n) is 6.44. The van der Waals surface area contributed by atoms with Gasteiger partial charge in [0.05, 0.1) is 18.3 Å². The fourth-order valence-corrected chi connectivity index (χ4v) is 1.79. The summed E-state index contributed by atoms with van der Waals surface area (Å²) in [6.07, 6.45) is -0.998. The summed E-state index contributed by atoms with van der Waals surface area (Å²) in [5.41, 5.74) is 0.0435. The quantitative estimate of drug-likeness (QED) is 0.731. The lowest BCUT2D eigenvalue weighted by Gasteiger charge is -2.11. The van der Waals surface area contributed by atoms with Crippen LogP contribution in [0.4, 0.5) is 19.0 Å². The van der Waals surface area contributed by atoms with Crippen LogP contribution in [0.3, 0.4) is 0 Å². The highest BCUT2D eigenvalue weighted by atomic mass is 19.2. The van der Waals surface area contributed by atoms with Crippen LogP contribution in [0.2, 0.25) is 0 Å². The topological polar surface area (TPSA) is 78.3 Å². The zero-order valence-electron chi connectivity index (χ0n) is 11.6. The van der Waals surface area contributed by atoms with Crippen molar-refractivity contribution in [1.82, 2.24) is 9.97 Å². The Hall–Kier alpha value is -2.19. The maximum Gasteiger partial charge on any atom is 0.170 e. The summed E-state index contributed by atoms with van der Waals surface area (Å²) >= 11 is 0. The van der Waals surface area contributed by atoms with Crippen LogP contribution in [-0.2, 0) is 0 Å². The number of aliphatic hydroxyl groups is 2. The fourth-order valence-electron chi connectivity index (χ4n) is 1.79. The van der Waals surface area contributed by atoms with Gasteiger partial charge in [-0.3, -0.25) is 0 Å². The molecule has 5 nitrogen and oxygen atoms in total. The van der Waals surface area contributed by atoms with E-state index in [0.717, 1.165) is 6.07 Å². The van der Waals surface area contributed by atoms with Gasteiger partial charge in [-0.1, -0.05) is 0 Å². The van der Waals surface area contributed by atoms with E-state index in [9.17, 15) is 18.3 Å². The Morgan fingerprint density at radius 3 is 2.59 bits per heavy atom. The molecule has 2 rings (SSSR count). The molecule has 0 aliphatic heterocycles. The Morgan fingerprint density at radius 2 is 1.91 bits per heavy atom. The second kappa shape index (κ2) is 6.71. The Balaban J connectivity index is 2.38. The number of benzene rings is 1. The van der Waals surface area contributed by atoms with Crippen LogP contribution in [0.5, 0.6) is 0 Å². The summed E-state index contributed by atoms with van der Waals surface area (Å²) in [5, 5.41) is 20.7. The van der Waals surface area contributed by atoms with Crippen molar-refractivity contribution in [1.29, 1.82) is 0 Å². The highest BCUT2D eigenvalue weighted by molar-refractivity contribution is 5.58. The Labute approximate surface area is 124 Å². The van der Waals surface area contributed by atoms with Gasteiger partial charge < -0.3 is 15.5 Å². The van der Waals surface area contributed by atoms with E-state index in [1.54, 1.807) is 6.92 Å². The molecule has 2 aromatic rings. The van der Waals surface area contributed by atoms with Gasteiger partial charge in [-0.05, 0) is 13.0 Å². The first-order valence-corrected chi connectivity index (χ1v) is 6.44. The van der Waals surface area contributed by atoms with Crippen molar-refractivity contribution in [3.63, 3.8) is 0 Å². The number of aliphatic hydroxyl groups excluding tert-OH is 2. The molecule has 0 bridgehead atoms. The lowest BCUT2D eigenvalue weighted by atomic mass is 10.1. The van der Waals surface area contributed by atoms with Crippen LogP contribution in [0, 0.1) is 24.4 Å². The van der Waals surface area contributed by atoms with Crippen molar-refractivity contribution in [2.45, 2.75) is 13.0 Å². The summed E-state index contributed by atoms with van der Waals surface area (Å²) in [4.78, 5) is 7.92. The second-order valence-corrected chi connectivity index (χ2v) is 4.68. The third-order valence-corrected chi connectivity index (χ3v) is 2.82.